The highest BCUT2D eigenvalue weighted by Crippen LogP contribution is 2.44. The molecule has 3 heterocycles. The summed E-state index contributed by atoms with van der Waals surface area (Å²) in [4.78, 5) is 16.5. The summed E-state index contributed by atoms with van der Waals surface area (Å²) in [5.74, 6) is -0.397. The third-order valence-electron chi connectivity index (χ3n) is 3.47. The number of hydrogen-bond donors (Lipinski definition) is 1. The maximum Gasteiger partial charge on any atom is 0.345 e. The summed E-state index contributed by atoms with van der Waals surface area (Å²) in [5.41, 5.74) is 1.94. The average Bonchev–Trinajstić information content (AvgIpc) is 3.09. The van der Waals surface area contributed by atoms with E-state index in [4.69, 9.17) is 0 Å². The maximum absolute atomic E-state index is 11.2. The summed E-state index contributed by atoms with van der Waals surface area (Å²) < 4.78 is 1.84. The molecule has 4 rings (SSSR count). The largest absolute Gasteiger partial charge is 0.477 e. The molecule has 5 nitrogen and oxygen atoms in total. The molecule has 0 bridgehead atoms. The first-order valence-corrected chi connectivity index (χ1v) is 7.22. The standard InChI is InChI=1S/C14H11N3O2S/c18-14(19)11-7-10-12(8-1-2-8)16-17(13(10)20-11)9-3-5-15-6-4-9/h3-8H,1-2H2,(H,18,19). The van der Waals surface area contributed by atoms with E-state index in [1.54, 1.807) is 18.5 Å². The molecule has 0 saturated heterocycles. The third kappa shape index (κ3) is 1.72. The van der Waals surface area contributed by atoms with Gasteiger partial charge in [-0.3, -0.25) is 4.98 Å². The van der Waals surface area contributed by atoms with E-state index < -0.39 is 5.97 Å². The van der Waals surface area contributed by atoms with E-state index in [1.807, 2.05) is 16.8 Å². The van der Waals surface area contributed by atoms with Crippen molar-refractivity contribution in [3.05, 3.63) is 41.2 Å². The summed E-state index contributed by atoms with van der Waals surface area (Å²) in [6, 6.07) is 5.51. The molecule has 0 aromatic carbocycles. The van der Waals surface area contributed by atoms with Gasteiger partial charge in [-0.1, -0.05) is 0 Å². The Bertz CT molecular complexity index is 803. The Morgan fingerprint density at radius 2 is 2.10 bits per heavy atom. The molecule has 0 radical (unpaired) electrons. The summed E-state index contributed by atoms with van der Waals surface area (Å²) in [6.45, 7) is 0. The van der Waals surface area contributed by atoms with Crippen LogP contribution in [0.3, 0.4) is 0 Å². The lowest BCUT2D eigenvalue weighted by molar-refractivity contribution is 0.0702. The number of fused-ring (bicyclic) bond motifs is 1. The predicted molar refractivity (Wildman–Crippen MR) is 75.7 cm³/mol. The first-order chi connectivity index (χ1) is 9.74. The van der Waals surface area contributed by atoms with Crippen molar-refractivity contribution in [1.29, 1.82) is 0 Å². The monoisotopic (exact) mass is 285 g/mol. The zero-order valence-corrected chi connectivity index (χ0v) is 11.3. The van der Waals surface area contributed by atoms with Crippen molar-refractivity contribution < 1.29 is 9.90 Å². The van der Waals surface area contributed by atoms with Crippen LogP contribution in [0.5, 0.6) is 0 Å². The number of carboxylic acid groups (broad SMARTS) is 1. The molecule has 1 aliphatic carbocycles. The zero-order chi connectivity index (χ0) is 13.7. The van der Waals surface area contributed by atoms with Crippen molar-refractivity contribution in [2.75, 3.05) is 0 Å². The molecule has 1 aliphatic rings. The third-order valence-corrected chi connectivity index (χ3v) is 4.57. The van der Waals surface area contributed by atoms with Gasteiger partial charge in [-0.15, -0.1) is 11.3 Å². The fourth-order valence-electron chi connectivity index (χ4n) is 2.35. The normalized spacial score (nSPS) is 14.8. The molecule has 100 valence electrons. The Morgan fingerprint density at radius 3 is 2.75 bits per heavy atom. The van der Waals surface area contributed by atoms with E-state index in [1.165, 1.54) is 11.3 Å². The number of carbonyl (C=O) groups is 1. The van der Waals surface area contributed by atoms with Gasteiger partial charge in [0.1, 0.15) is 9.71 Å². The Hall–Kier alpha value is -2.21. The van der Waals surface area contributed by atoms with Gasteiger partial charge in [0.25, 0.3) is 0 Å². The minimum Gasteiger partial charge on any atom is -0.477 e. The molecule has 0 atom stereocenters. The van der Waals surface area contributed by atoms with E-state index in [0.29, 0.717) is 10.8 Å². The highest BCUT2D eigenvalue weighted by Gasteiger charge is 2.30. The van der Waals surface area contributed by atoms with Crippen LogP contribution < -0.4 is 0 Å². The number of nitrogens with zero attached hydrogens (tertiary/aromatic N) is 3. The zero-order valence-electron chi connectivity index (χ0n) is 10.5. The highest BCUT2D eigenvalue weighted by atomic mass is 32.1. The molecule has 3 aromatic heterocycles. The van der Waals surface area contributed by atoms with Crippen molar-refractivity contribution in [2.45, 2.75) is 18.8 Å². The Labute approximate surface area is 118 Å². The smallest absolute Gasteiger partial charge is 0.345 e. The molecule has 0 aliphatic heterocycles. The van der Waals surface area contributed by atoms with Crippen molar-refractivity contribution in [1.82, 2.24) is 14.8 Å². The molecular formula is C14H11N3O2S. The quantitative estimate of drug-likeness (QED) is 0.803. The minimum absolute atomic E-state index is 0.363. The lowest BCUT2D eigenvalue weighted by Crippen LogP contribution is -1.97. The van der Waals surface area contributed by atoms with E-state index in [9.17, 15) is 9.90 Å². The average molecular weight is 285 g/mol. The number of carboxylic acids is 1. The molecule has 1 N–H and O–H groups in total. The van der Waals surface area contributed by atoms with E-state index in [-0.39, 0.29) is 0 Å². The second kappa shape index (κ2) is 4.14. The summed E-state index contributed by atoms with van der Waals surface area (Å²) >= 11 is 1.27. The molecular weight excluding hydrogens is 274 g/mol. The van der Waals surface area contributed by atoms with Crippen LogP contribution in [0.4, 0.5) is 0 Å². The van der Waals surface area contributed by atoms with Gasteiger partial charge in [0.05, 0.1) is 11.4 Å². The minimum atomic E-state index is -0.880. The Kier molecular flexibility index (Phi) is 2.40. The second-order valence-electron chi connectivity index (χ2n) is 4.91. The number of pyridine rings is 1. The van der Waals surface area contributed by atoms with Crippen molar-refractivity contribution in [3.8, 4) is 5.69 Å². The van der Waals surface area contributed by atoms with Crippen LogP contribution in [0.1, 0.15) is 34.1 Å². The molecule has 6 heteroatoms. The second-order valence-corrected chi connectivity index (χ2v) is 5.94. The fourth-order valence-corrected chi connectivity index (χ4v) is 3.33. The van der Waals surface area contributed by atoms with E-state index >= 15 is 0 Å². The van der Waals surface area contributed by atoms with Crippen LogP contribution in [0.2, 0.25) is 0 Å². The van der Waals surface area contributed by atoms with Crippen LogP contribution in [-0.4, -0.2) is 25.8 Å². The van der Waals surface area contributed by atoms with Crippen LogP contribution in [-0.2, 0) is 0 Å². The predicted octanol–water partition coefficient (Wildman–Crippen LogP) is 3.06. The topological polar surface area (TPSA) is 68.0 Å². The summed E-state index contributed by atoms with van der Waals surface area (Å²) in [7, 11) is 0. The molecule has 0 amide bonds. The summed E-state index contributed by atoms with van der Waals surface area (Å²) in [5, 5.41) is 14.8. The molecule has 1 fully saturated rings. The van der Waals surface area contributed by atoms with Gasteiger partial charge in [-0.25, -0.2) is 9.48 Å². The van der Waals surface area contributed by atoms with Crippen LogP contribution in [0.15, 0.2) is 30.6 Å². The summed E-state index contributed by atoms with van der Waals surface area (Å²) in [6.07, 6.45) is 5.71. The highest BCUT2D eigenvalue weighted by molar-refractivity contribution is 7.20. The lowest BCUT2D eigenvalue weighted by atomic mass is 10.2. The first kappa shape index (κ1) is 11.6. The van der Waals surface area contributed by atoms with Gasteiger partial charge in [-0.2, -0.15) is 5.10 Å². The van der Waals surface area contributed by atoms with Crippen molar-refractivity contribution in [3.63, 3.8) is 0 Å². The van der Waals surface area contributed by atoms with Gasteiger partial charge in [0.15, 0.2) is 0 Å². The van der Waals surface area contributed by atoms with Gasteiger partial charge in [0, 0.05) is 23.7 Å². The molecule has 0 spiro atoms. The number of rotatable bonds is 3. The van der Waals surface area contributed by atoms with Crippen LogP contribution >= 0.6 is 11.3 Å². The van der Waals surface area contributed by atoms with E-state index in [0.717, 1.165) is 34.4 Å². The van der Waals surface area contributed by atoms with Gasteiger partial charge in [0.2, 0.25) is 0 Å². The van der Waals surface area contributed by atoms with Crippen molar-refractivity contribution >= 4 is 27.5 Å². The number of thiophene rings is 1. The number of aromatic carboxylic acids is 1. The van der Waals surface area contributed by atoms with Crippen LogP contribution in [0, 0.1) is 0 Å². The molecule has 20 heavy (non-hydrogen) atoms. The van der Waals surface area contributed by atoms with E-state index in [2.05, 4.69) is 10.1 Å². The fraction of sp³-hybridized carbons (Fsp3) is 0.214. The number of hydrogen-bond acceptors (Lipinski definition) is 4. The lowest BCUT2D eigenvalue weighted by Gasteiger charge is -2.00. The van der Waals surface area contributed by atoms with Gasteiger partial charge in [-0.05, 0) is 31.0 Å². The molecule has 3 aromatic rings. The SMILES string of the molecule is O=C(O)c1cc2c(C3CC3)nn(-c3ccncc3)c2s1. The van der Waals surface area contributed by atoms with Gasteiger partial charge < -0.3 is 5.11 Å². The van der Waals surface area contributed by atoms with Gasteiger partial charge >= 0.3 is 5.97 Å². The first-order valence-electron chi connectivity index (χ1n) is 6.40. The Balaban J connectivity index is 1.98. The maximum atomic E-state index is 11.2. The Morgan fingerprint density at radius 1 is 1.35 bits per heavy atom. The number of aromatic nitrogens is 3. The van der Waals surface area contributed by atoms with Crippen molar-refractivity contribution in [2.24, 2.45) is 0 Å². The molecule has 0 unspecified atom stereocenters. The van der Waals surface area contributed by atoms with Crippen LogP contribution in [0.25, 0.3) is 15.9 Å². The molecule has 1 saturated carbocycles.